The molecular weight excluding hydrogens is 250 g/mol. The van der Waals surface area contributed by atoms with Crippen LogP contribution in [0.25, 0.3) is 0 Å². The molecule has 0 aliphatic carbocycles. The highest BCUT2D eigenvalue weighted by Gasteiger charge is 2.14. The van der Waals surface area contributed by atoms with E-state index in [4.69, 9.17) is 0 Å². The fourth-order valence-electron chi connectivity index (χ4n) is 1.67. The molecule has 0 radical (unpaired) electrons. The van der Waals surface area contributed by atoms with Gasteiger partial charge in [0.2, 0.25) is 0 Å². The molecular formula is C12H17N3S2. The molecule has 17 heavy (non-hydrogen) atoms. The van der Waals surface area contributed by atoms with Crippen molar-refractivity contribution in [2.75, 3.05) is 6.54 Å². The molecule has 0 aliphatic heterocycles. The van der Waals surface area contributed by atoms with Crippen molar-refractivity contribution >= 4 is 22.7 Å². The van der Waals surface area contributed by atoms with E-state index >= 15 is 0 Å². The van der Waals surface area contributed by atoms with Crippen LogP contribution in [0.2, 0.25) is 0 Å². The first kappa shape index (κ1) is 12.7. The van der Waals surface area contributed by atoms with Crippen LogP contribution in [0.15, 0.2) is 17.9 Å². The summed E-state index contributed by atoms with van der Waals surface area (Å²) in [5.41, 5.74) is 1.89. The van der Waals surface area contributed by atoms with E-state index in [1.165, 1.54) is 9.75 Å². The lowest BCUT2D eigenvalue weighted by Gasteiger charge is -2.15. The second-order valence-corrected chi connectivity index (χ2v) is 6.20. The molecule has 3 nitrogen and oxygen atoms in total. The minimum Gasteiger partial charge on any atom is -0.309 e. The van der Waals surface area contributed by atoms with Crippen molar-refractivity contribution in [3.05, 3.63) is 32.7 Å². The minimum atomic E-state index is 0.376. The van der Waals surface area contributed by atoms with Gasteiger partial charge in [-0.2, -0.15) is 0 Å². The molecule has 0 spiro atoms. The second-order valence-electron chi connectivity index (χ2n) is 3.96. The summed E-state index contributed by atoms with van der Waals surface area (Å²) in [6, 6.07) is 0.376. The van der Waals surface area contributed by atoms with Crippen LogP contribution in [0.3, 0.4) is 0 Å². The quantitative estimate of drug-likeness (QED) is 0.873. The summed E-state index contributed by atoms with van der Waals surface area (Å²) in [6.45, 7) is 5.28. The zero-order valence-corrected chi connectivity index (χ0v) is 11.8. The highest BCUT2D eigenvalue weighted by molar-refractivity contribution is 7.11. The molecule has 1 unspecified atom stereocenters. The summed E-state index contributed by atoms with van der Waals surface area (Å²) in [5, 5.41) is 4.72. The molecule has 0 amide bonds. The Morgan fingerprint density at radius 2 is 2.29 bits per heavy atom. The van der Waals surface area contributed by atoms with Crippen molar-refractivity contribution < 1.29 is 0 Å². The number of nitrogens with one attached hydrogen (secondary N) is 1. The smallest absolute Gasteiger partial charge is 0.0897 e. The van der Waals surface area contributed by atoms with E-state index in [9.17, 15) is 0 Å². The van der Waals surface area contributed by atoms with Gasteiger partial charge < -0.3 is 5.32 Å². The van der Waals surface area contributed by atoms with Crippen molar-refractivity contribution in [2.24, 2.45) is 0 Å². The maximum atomic E-state index is 4.34. The molecule has 1 N–H and O–H groups in total. The highest BCUT2D eigenvalue weighted by Crippen LogP contribution is 2.25. The van der Waals surface area contributed by atoms with Crippen molar-refractivity contribution in [3.63, 3.8) is 0 Å². The van der Waals surface area contributed by atoms with Crippen LogP contribution in [0.4, 0.5) is 0 Å². The number of nitrogens with zero attached hydrogens (tertiary/aromatic N) is 2. The Balaban J connectivity index is 2.07. The van der Waals surface area contributed by atoms with E-state index in [-0.39, 0.29) is 0 Å². The largest absolute Gasteiger partial charge is 0.309 e. The Labute approximate surface area is 110 Å². The van der Waals surface area contributed by atoms with Crippen LogP contribution in [0.1, 0.15) is 34.1 Å². The molecule has 1 atom stereocenters. The fraction of sp³-hybridized carbons (Fsp3) is 0.500. The number of thiazole rings is 2. The molecule has 0 aliphatic rings. The normalized spacial score (nSPS) is 12.8. The van der Waals surface area contributed by atoms with Gasteiger partial charge in [-0.25, -0.2) is 4.98 Å². The molecule has 2 rings (SSSR count). The van der Waals surface area contributed by atoms with E-state index in [0.29, 0.717) is 6.04 Å². The third kappa shape index (κ3) is 3.59. The van der Waals surface area contributed by atoms with Crippen molar-refractivity contribution in [1.82, 2.24) is 15.3 Å². The monoisotopic (exact) mass is 267 g/mol. The molecule has 0 saturated heterocycles. The minimum absolute atomic E-state index is 0.376. The zero-order valence-electron chi connectivity index (χ0n) is 10.1. The van der Waals surface area contributed by atoms with Crippen LogP contribution in [-0.2, 0) is 6.42 Å². The van der Waals surface area contributed by atoms with E-state index < -0.39 is 0 Å². The van der Waals surface area contributed by atoms with Crippen molar-refractivity contribution in [2.45, 2.75) is 32.7 Å². The molecule has 2 aromatic rings. The van der Waals surface area contributed by atoms with Crippen LogP contribution in [0.5, 0.6) is 0 Å². The first-order valence-electron chi connectivity index (χ1n) is 5.82. The van der Waals surface area contributed by atoms with Crippen LogP contribution in [0, 0.1) is 6.92 Å². The Morgan fingerprint density at radius 3 is 2.88 bits per heavy atom. The Bertz CT molecular complexity index is 436. The zero-order chi connectivity index (χ0) is 12.1. The van der Waals surface area contributed by atoms with E-state index in [1.807, 2.05) is 17.9 Å². The average molecular weight is 267 g/mol. The predicted molar refractivity (Wildman–Crippen MR) is 73.7 cm³/mol. The van der Waals surface area contributed by atoms with Crippen LogP contribution < -0.4 is 5.32 Å². The summed E-state index contributed by atoms with van der Waals surface area (Å²) in [4.78, 5) is 11.1. The van der Waals surface area contributed by atoms with Gasteiger partial charge in [-0.1, -0.05) is 6.92 Å². The van der Waals surface area contributed by atoms with Crippen LogP contribution in [-0.4, -0.2) is 16.5 Å². The Morgan fingerprint density at radius 1 is 1.41 bits per heavy atom. The third-order valence-corrected chi connectivity index (χ3v) is 4.34. The van der Waals surface area contributed by atoms with E-state index in [0.717, 1.165) is 24.4 Å². The number of aryl methyl sites for hydroxylation is 1. The van der Waals surface area contributed by atoms with E-state index in [1.54, 1.807) is 22.7 Å². The molecule has 2 heterocycles. The molecule has 2 aromatic heterocycles. The lowest BCUT2D eigenvalue weighted by atomic mass is 10.1. The first-order valence-corrected chi connectivity index (χ1v) is 7.52. The van der Waals surface area contributed by atoms with Crippen molar-refractivity contribution in [1.29, 1.82) is 0 Å². The van der Waals surface area contributed by atoms with Gasteiger partial charge in [0.25, 0.3) is 0 Å². The number of hydrogen-bond acceptors (Lipinski definition) is 5. The van der Waals surface area contributed by atoms with E-state index in [2.05, 4.69) is 29.1 Å². The maximum Gasteiger partial charge on any atom is 0.0897 e. The van der Waals surface area contributed by atoms with Gasteiger partial charge in [0, 0.05) is 34.6 Å². The van der Waals surface area contributed by atoms with Gasteiger partial charge in [-0.05, 0) is 19.9 Å². The predicted octanol–water partition coefficient (Wildman–Crippen LogP) is 3.19. The second kappa shape index (κ2) is 6.23. The molecule has 0 bridgehead atoms. The Hall–Kier alpha value is -0.780. The lowest BCUT2D eigenvalue weighted by Crippen LogP contribution is -2.23. The summed E-state index contributed by atoms with van der Waals surface area (Å²) in [5.74, 6) is 0. The topological polar surface area (TPSA) is 37.8 Å². The van der Waals surface area contributed by atoms with Crippen LogP contribution >= 0.6 is 22.7 Å². The van der Waals surface area contributed by atoms with Gasteiger partial charge in [0.1, 0.15) is 0 Å². The summed E-state index contributed by atoms with van der Waals surface area (Å²) < 4.78 is 0. The Kier molecular flexibility index (Phi) is 4.65. The number of rotatable bonds is 6. The van der Waals surface area contributed by atoms with Crippen molar-refractivity contribution in [3.8, 4) is 0 Å². The average Bonchev–Trinajstić information content (AvgIpc) is 2.95. The molecule has 0 aromatic carbocycles. The highest BCUT2D eigenvalue weighted by atomic mass is 32.1. The van der Waals surface area contributed by atoms with Gasteiger partial charge in [-0.3, -0.25) is 4.98 Å². The molecule has 0 saturated carbocycles. The summed E-state index contributed by atoms with van der Waals surface area (Å²) in [7, 11) is 0. The number of aromatic nitrogens is 2. The lowest BCUT2D eigenvalue weighted by molar-refractivity contribution is 0.538. The van der Waals surface area contributed by atoms with Gasteiger partial charge >= 0.3 is 0 Å². The van der Waals surface area contributed by atoms with Gasteiger partial charge in [0.05, 0.1) is 10.5 Å². The first-order chi connectivity index (χ1) is 8.29. The molecule has 0 fully saturated rings. The summed E-state index contributed by atoms with van der Waals surface area (Å²) in [6.07, 6.45) is 6.11. The summed E-state index contributed by atoms with van der Waals surface area (Å²) >= 11 is 3.50. The van der Waals surface area contributed by atoms with Gasteiger partial charge in [0.15, 0.2) is 0 Å². The molecule has 5 heteroatoms. The maximum absolute atomic E-state index is 4.34. The molecule has 92 valence electrons. The fourth-order valence-corrected chi connectivity index (χ4v) is 3.18. The SMILES string of the molecule is CCCNC(Cc1cncs1)c1cnc(C)s1. The van der Waals surface area contributed by atoms with Gasteiger partial charge in [-0.15, -0.1) is 22.7 Å². The number of hydrogen-bond donors (Lipinski definition) is 1. The third-order valence-electron chi connectivity index (χ3n) is 2.51. The standard InChI is InChI=1S/C12H17N3S2/c1-3-4-14-11(5-10-6-13-8-16-10)12-7-15-9(2)17-12/h6-8,11,14H,3-5H2,1-2H3.